The van der Waals surface area contributed by atoms with Gasteiger partial charge in [-0.3, -0.25) is 19.6 Å². The summed E-state index contributed by atoms with van der Waals surface area (Å²) in [7, 11) is 0. The van der Waals surface area contributed by atoms with Gasteiger partial charge < -0.3 is 4.57 Å². The summed E-state index contributed by atoms with van der Waals surface area (Å²) in [5.74, 6) is -0.811. The van der Waals surface area contributed by atoms with Crippen LogP contribution in [0.25, 0.3) is 76.8 Å². The van der Waals surface area contributed by atoms with Crippen LogP contribution in [0.2, 0.25) is 0 Å². The minimum atomic E-state index is -0.414. The topological polar surface area (TPSA) is 96.2 Å². The Morgan fingerprint density at radius 1 is 0.517 bits per heavy atom. The molecule has 1 aliphatic heterocycles. The molecule has 0 bridgehead atoms. The third kappa shape index (κ3) is 5.52. The highest BCUT2D eigenvalue weighted by molar-refractivity contribution is 6.36. The molecule has 0 saturated carbocycles. The number of anilines is 1. The second-order valence-corrected chi connectivity index (χ2v) is 14.0. The molecule has 58 heavy (non-hydrogen) atoms. The summed E-state index contributed by atoms with van der Waals surface area (Å²) in [6, 6.07) is 48.9. The maximum Gasteiger partial charge on any atom is 0.268 e. The fourth-order valence-corrected chi connectivity index (χ4v) is 8.01. The minimum Gasteiger partial charge on any atom is -0.308 e. The first-order valence-electron chi connectivity index (χ1n) is 18.5. The van der Waals surface area contributed by atoms with E-state index >= 15 is 4.79 Å². The zero-order valence-corrected chi connectivity index (χ0v) is 30.7. The lowest BCUT2D eigenvalue weighted by atomic mass is 9.97. The normalized spacial score (nSPS) is 12.1. The number of imide groups is 1. The molecule has 10 rings (SSSR count). The standard InChI is InChI=1S/C50H28N6O2/c1-52-39-22-38(29-54-30-39)35-17-20-45-43(24-35)42-23-34(37-21-31(26-51)27-53-28-37)16-19-44(42)55(45)46-14-8-13-41-48(46)50(58)56(49(41)57)47-25-36(32-9-4-2-5-10-32)15-18-40(47)33-11-6-3-7-12-33/h2-25,27-30H. The Balaban J connectivity index is 1.18. The van der Waals surface area contributed by atoms with E-state index in [2.05, 4.69) is 33.0 Å². The Bertz CT molecular complexity index is 3130. The van der Waals surface area contributed by atoms with E-state index in [9.17, 15) is 10.1 Å². The van der Waals surface area contributed by atoms with Crippen LogP contribution in [0.3, 0.4) is 0 Å². The maximum absolute atomic E-state index is 15.1. The van der Waals surface area contributed by atoms with E-state index in [0.717, 1.165) is 66.3 Å². The smallest absolute Gasteiger partial charge is 0.268 e. The first-order chi connectivity index (χ1) is 28.5. The van der Waals surface area contributed by atoms with Crippen LogP contribution in [-0.2, 0) is 0 Å². The van der Waals surface area contributed by atoms with Crippen molar-refractivity contribution in [2.75, 3.05) is 4.90 Å². The number of hydrogen-bond acceptors (Lipinski definition) is 5. The number of aromatic nitrogens is 3. The molecule has 3 aromatic heterocycles. The maximum atomic E-state index is 15.1. The number of nitrogens with zero attached hydrogens (tertiary/aromatic N) is 6. The molecule has 2 amide bonds. The number of benzene rings is 6. The third-order valence-corrected chi connectivity index (χ3v) is 10.7. The first-order valence-corrected chi connectivity index (χ1v) is 18.5. The van der Waals surface area contributed by atoms with Crippen molar-refractivity contribution in [1.82, 2.24) is 14.5 Å². The van der Waals surface area contributed by atoms with Crippen molar-refractivity contribution in [2.24, 2.45) is 0 Å². The Morgan fingerprint density at radius 3 is 1.81 bits per heavy atom. The van der Waals surface area contributed by atoms with Gasteiger partial charge in [-0.25, -0.2) is 9.74 Å². The van der Waals surface area contributed by atoms with E-state index in [0.29, 0.717) is 33.8 Å². The molecule has 8 nitrogen and oxygen atoms in total. The highest BCUT2D eigenvalue weighted by Gasteiger charge is 2.40. The van der Waals surface area contributed by atoms with Gasteiger partial charge in [0.25, 0.3) is 11.8 Å². The quantitative estimate of drug-likeness (QED) is 0.125. The minimum absolute atomic E-state index is 0.309. The first kappa shape index (κ1) is 34.1. The van der Waals surface area contributed by atoms with Crippen LogP contribution in [0.4, 0.5) is 11.4 Å². The molecule has 0 unspecified atom stereocenters. The van der Waals surface area contributed by atoms with Crippen molar-refractivity contribution in [2.45, 2.75) is 0 Å². The van der Waals surface area contributed by atoms with Crippen molar-refractivity contribution in [3.8, 4) is 56.3 Å². The molecule has 0 spiro atoms. The van der Waals surface area contributed by atoms with Crippen molar-refractivity contribution >= 4 is 45.0 Å². The van der Waals surface area contributed by atoms with Gasteiger partial charge in [-0.15, -0.1) is 0 Å². The lowest BCUT2D eigenvalue weighted by Crippen LogP contribution is -2.30. The van der Waals surface area contributed by atoms with Crippen LogP contribution in [0.15, 0.2) is 170 Å². The summed E-state index contributed by atoms with van der Waals surface area (Å²) in [6.07, 6.45) is 6.53. The summed E-state index contributed by atoms with van der Waals surface area (Å²) in [5, 5.41) is 11.4. The molecule has 0 saturated heterocycles. The number of pyridine rings is 2. The van der Waals surface area contributed by atoms with E-state index in [-0.39, 0.29) is 0 Å². The van der Waals surface area contributed by atoms with Crippen LogP contribution in [0.5, 0.6) is 0 Å². The van der Waals surface area contributed by atoms with Crippen molar-refractivity contribution in [1.29, 1.82) is 5.26 Å². The zero-order valence-electron chi connectivity index (χ0n) is 30.7. The number of fused-ring (bicyclic) bond motifs is 4. The zero-order chi connectivity index (χ0) is 39.3. The number of carbonyl (C=O) groups excluding carboxylic acids is 2. The lowest BCUT2D eigenvalue weighted by Gasteiger charge is -2.20. The van der Waals surface area contributed by atoms with Crippen LogP contribution >= 0.6 is 0 Å². The Labute approximate surface area is 333 Å². The average molecular weight is 745 g/mol. The van der Waals surface area contributed by atoms with Gasteiger partial charge in [-0.2, -0.15) is 5.26 Å². The van der Waals surface area contributed by atoms with Gasteiger partial charge in [0.2, 0.25) is 5.69 Å². The molecule has 0 fully saturated rings. The van der Waals surface area contributed by atoms with E-state index in [4.69, 9.17) is 6.57 Å². The SMILES string of the molecule is [C-]#[N+]c1cncc(-c2ccc3c(c2)c2cc(-c4cncc(C#N)c4)ccc2n3-c2cccc3c2C(=O)N(c2cc(-c4ccccc4)ccc2-c2ccccc2)C3=O)c1. The Hall–Kier alpha value is -8.46. The van der Waals surface area contributed by atoms with Gasteiger partial charge in [0, 0.05) is 46.7 Å². The van der Waals surface area contributed by atoms with E-state index in [1.165, 1.54) is 17.3 Å². The van der Waals surface area contributed by atoms with Crippen LogP contribution in [0.1, 0.15) is 26.3 Å². The lowest BCUT2D eigenvalue weighted by molar-refractivity contribution is 0.0926. The molecule has 9 aromatic rings. The van der Waals surface area contributed by atoms with Gasteiger partial charge in [-0.05, 0) is 88.0 Å². The molecule has 8 heteroatoms. The van der Waals surface area contributed by atoms with Gasteiger partial charge in [0.1, 0.15) is 6.07 Å². The second kappa shape index (κ2) is 13.7. The number of hydrogen-bond donors (Lipinski definition) is 0. The predicted octanol–water partition coefficient (Wildman–Crippen LogP) is 11.5. The molecule has 0 radical (unpaired) electrons. The molecule has 6 aromatic carbocycles. The average Bonchev–Trinajstić information content (AvgIpc) is 3.75. The summed E-state index contributed by atoms with van der Waals surface area (Å²) in [5.41, 5.74) is 11.0. The molecular formula is C50H28N6O2. The van der Waals surface area contributed by atoms with Gasteiger partial charge in [0.15, 0.2) is 0 Å². The second-order valence-electron chi connectivity index (χ2n) is 14.0. The largest absolute Gasteiger partial charge is 0.308 e. The van der Waals surface area contributed by atoms with Crippen LogP contribution < -0.4 is 4.90 Å². The summed E-state index contributed by atoms with van der Waals surface area (Å²) >= 11 is 0. The third-order valence-electron chi connectivity index (χ3n) is 10.7. The van der Waals surface area contributed by atoms with E-state index < -0.39 is 11.8 Å². The monoisotopic (exact) mass is 744 g/mol. The molecule has 4 heterocycles. The Kier molecular flexibility index (Phi) is 8.04. The van der Waals surface area contributed by atoms with Crippen molar-refractivity contribution in [3.05, 3.63) is 198 Å². The van der Waals surface area contributed by atoms with Crippen molar-refractivity contribution < 1.29 is 9.59 Å². The van der Waals surface area contributed by atoms with Crippen LogP contribution in [-0.4, -0.2) is 26.3 Å². The molecule has 0 atom stereocenters. The molecule has 0 N–H and O–H groups in total. The number of amides is 2. The summed E-state index contributed by atoms with van der Waals surface area (Å²) in [6.45, 7) is 7.54. The number of nitriles is 1. The predicted molar refractivity (Wildman–Crippen MR) is 227 cm³/mol. The fourth-order valence-electron chi connectivity index (χ4n) is 8.01. The van der Waals surface area contributed by atoms with E-state index in [1.54, 1.807) is 24.5 Å². The van der Waals surface area contributed by atoms with Gasteiger partial charge in [-0.1, -0.05) is 91.0 Å². The summed E-state index contributed by atoms with van der Waals surface area (Å²) < 4.78 is 2.04. The van der Waals surface area contributed by atoms with Crippen molar-refractivity contribution in [3.63, 3.8) is 0 Å². The number of carbonyl (C=O) groups is 2. The molecule has 270 valence electrons. The van der Waals surface area contributed by atoms with Crippen LogP contribution in [0, 0.1) is 17.9 Å². The van der Waals surface area contributed by atoms with E-state index in [1.807, 2.05) is 126 Å². The van der Waals surface area contributed by atoms with Gasteiger partial charge >= 0.3 is 0 Å². The highest BCUT2D eigenvalue weighted by atomic mass is 16.2. The molecule has 0 aliphatic carbocycles. The summed E-state index contributed by atoms with van der Waals surface area (Å²) in [4.78, 5) is 43.2. The van der Waals surface area contributed by atoms with Gasteiger partial charge in [0.05, 0.1) is 45.7 Å². The molecular weight excluding hydrogens is 717 g/mol. The number of rotatable bonds is 6. The Morgan fingerprint density at radius 2 is 1.14 bits per heavy atom. The fraction of sp³-hybridized carbons (Fsp3) is 0. The highest BCUT2D eigenvalue weighted by Crippen LogP contribution is 2.43. The molecule has 1 aliphatic rings.